The second-order valence-corrected chi connectivity index (χ2v) is 7.33. The molecule has 0 saturated carbocycles. The van der Waals surface area contributed by atoms with E-state index in [0.717, 1.165) is 0 Å². The van der Waals surface area contributed by atoms with Gasteiger partial charge >= 0.3 is 0 Å². The zero-order chi connectivity index (χ0) is 16.1. The molecular formula is C23H23N. The van der Waals surface area contributed by atoms with Gasteiger partial charge in [-0.25, -0.2) is 0 Å². The number of nitrogens with zero attached hydrogens (tertiary/aromatic N) is 1. The molecule has 0 N–H and O–H groups in total. The molecule has 1 heterocycles. The van der Waals surface area contributed by atoms with E-state index in [0.29, 0.717) is 6.04 Å². The number of allylic oxidation sites excluding steroid dienone is 3. The first-order valence-corrected chi connectivity index (χ1v) is 9.19. The summed E-state index contributed by atoms with van der Waals surface area (Å²) in [6.45, 7) is 2.27. The van der Waals surface area contributed by atoms with E-state index in [4.69, 9.17) is 0 Å². The molecule has 1 nitrogen and oxygen atoms in total. The lowest BCUT2D eigenvalue weighted by molar-refractivity contribution is 0.452. The molecule has 1 atom stereocenters. The molecule has 3 aromatic rings. The van der Waals surface area contributed by atoms with Crippen LogP contribution in [0.2, 0.25) is 0 Å². The molecule has 1 heteroatoms. The van der Waals surface area contributed by atoms with Gasteiger partial charge in [-0.1, -0.05) is 54.1 Å². The third-order valence-electron chi connectivity index (χ3n) is 5.85. The molecule has 0 saturated heterocycles. The van der Waals surface area contributed by atoms with Crippen molar-refractivity contribution in [2.45, 2.75) is 45.1 Å². The Morgan fingerprint density at radius 1 is 1.04 bits per heavy atom. The molecule has 0 spiro atoms. The van der Waals surface area contributed by atoms with Crippen molar-refractivity contribution in [2.75, 3.05) is 0 Å². The van der Waals surface area contributed by atoms with Crippen LogP contribution in [-0.2, 0) is 6.42 Å². The largest absolute Gasteiger partial charge is 0.341 e. The average molecular weight is 313 g/mol. The van der Waals surface area contributed by atoms with Crippen LogP contribution in [0.1, 0.15) is 49.9 Å². The van der Waals surface area contributed by atoms with Crippen molar-refractivity contribution in [3.8, 4) is 0 Å². The van der Waals surface area contributed by atoms with Crippen LogP contribution in [0.3, 0.4) is 0 Å². The molecule has 120 valence electrons. The third kappa shape index (κ3) is 2.00. The van der Waals surface area contributed by atoms with Gasteiger partial charge in [0.1, 0.15) is 0 Å². The van der Waals surface area contributed by atoms with Gasteiger partial charge in [0.25, 0.3) is 0 Å². The van der Waals surface area contributed by atoms with Gasteiger partial charge in [0, 0.05) is 28.2 Å². The molecule has 5 rings (SSSR count). The maximum absolute atomic E-state index is 2.68. The van der Waals surface area contributed by atoms with Crippen molar-refractivity contribution in [2.24, 2.45) is 0 Å². The fraction of sp³-hybridized carbons (Fsp3) is 0.304. The Bertz CT molecular complexity index is 1000. The van der Waals surface area contributed by atoms with Crippen molar-refractivity contribution in [3.05, 3.63) is 65.4 Å². The molecular weight excluding hydrogens is 290 g/mol. The number of benzene rings is 2. The molecule has 0 unspecified atom stereocenters. The summed E-state index contributed by atoms with van der Waals surface area (Å²) >= 11 is 0. The van der Waals surface area contributed by atoms with Crippen molar-refractivity contribution in [1.82, 2.24) is 4.57 Å². The van der Waals surface area contributed by atoms with E-state index in [1.54, 1.807) is 11.3 Å². The minimum absolute atomic E-state index is 0.618. The van der Waals surface area contributed by atoms with E-state index in [1.807, 2.05) is 0 Å². The molecule has 0 bridgehead atoms. The first-order valence-electron chi connectivity index (χ1n) is 9.19. The highest BCUT2D eigenvalue weighted by Crippen LogP contribution is 2.40. The van der Waals surface area contributed by atoms with Crippen molar-refractivity contribution in [3.63, 3.8) is 0 Å². The lowest BCUT2D eigenvalue weighted by Gasteiger charge is -2.26. The van der Waals surface area contributed by atoms with E-state index in [9.17, 15) is 0 Å². The Kier molecular flexibility index (Phi) is 3.16. The van der Waals surface area contributed by atoms with E-state index in [1.165, 1.54) is 59.3 Å². The Morgan fingerprint density at radius 3 is 2.83 bits per heavy atom. The number of hydrogen-bond acceptors (Lipinski definition) is 0. The van der Waals surface area contributed by atoms with Crippen molar-refractivity contribution >= 4 is 27.8 Å². The van der Waals surface area contributed by atoms with E-state index in [-0.39, 0.29) is 0 Å². The topological polar surface area (TPSA) is 4.93 Å². The van der Waals surface area contributed by atoms with E-state index in [2.05, 4.69) is 66.1 Å². The highest BCUT2D eigenvalue weighted by atomic mass is 15.0. The van der Waals surface area contributed by atoms with Crippen LogP contribution >= 0.6 is 0 Å². The first-order chi connectivity index (χ1) is 11.8. The zero-order valence-corrected chi connectivity index (χ0v) is 14.3. The lowest BCUT2D eigenvalue weighted by Crippen LogP contribution is -2.15. The van der Waals surface area contributed by atoms with Gasteiger partial charge in [0.05, 0.1) is 0 Å². The lowest BCUT2D eigenvalue weighted by atomic mass is 9.95. The average Bonchev–Trinajstić information content (AvgIpc) is 2.97. The number of hydrogen-bond donors (Lipinski definition) is 0. The fourth-order valence-corrected chi connectivity index (χ4v) is 4.62. The summed E-state index contributed by atoms with van der Waals surface area (Å²) < 4.78 is 2.68. The summed E-state index contributed by atoms with van der Waals surface area (Å²) in [6, 6.07) is 14.1. The summed E-state index contributed by atoms with van der Waals surface area (Å²) in [5.41, 5.74) is 6.02. The monoisotopic (exact) mass is 313 g/mol. The smallest absolute Gasteiger partial charge is 0.0498 e. The number of rotatable bonds is 1. The summed E-state index contributed by atoms with van der Waals surface area (Å²) in [4.78, 5) is 0. The van der Waals surface area contributed by atoms with Crippen LogP contribution in [0.25, 0.3) is 27.8 Å². The molecule has 2 aliphatic rings. The first kappa shape index (κ1) is 14.1. The van der Waals surface area contributed by atoms with Gasteiger partial charge in [-0.2, -0.15) is 0 Å². The molecule has 2 aromatic carbocycles. The van der Waals surface area contributed by atoms with Gasteiger partial charge in [-0.15, -0.1) is 0 Å². The molecule has 0 aliphatic heterocycles. The maximum atomic E-state index is 2.68. The second kappa shape index (κ2) is 5.37. The molecule has 2 aliphatic carbocycles. The summed E-state index contributed by atoms with van der Waals surface area (Å²) in [6.07, 6.45) is 13.2. The van der Waals surface area contributed by atoms with E-state index >= 15 is 0 Å². The normalized spacial score (nSPS) is 20.4. The molecule has 24 heavy (non-hydrogen) atoms. The molecule has 0 amide bonds. The van der Waals surface area contributed by atoms with Crippen molar-refractivity contribution in [1.29, 1.82) is 0 Å². The maximum Gasteiger partial charge on any atom is 0.0498 e. The number of fused-ring (bicyclic) bond motifs is 5. The summed E-state index contributed by atoms with van der Waals surface area (Å²) in [5.74, 6) is 0. The Morgan fingerprint density at radius 2 is 1.96 bits per heavy atom. The fourth-order valence-electron chi connectivity index (χ4n) is 4.62. The Balaban J connectivity index is 1.84. The van der Waals surface area contributed by atoms with Gasteiger partial charge < -0.3 is 4.57 Å². The molecule has 1 aromatic heterocycles. The van der Waals surface area contributed by atoms with Crippen LogP contribution in [0.15, 0.2) is 54.1 Å². The summed E-state index contributed by atoms with van der Waals surface area (Å²) in [5, 5.41) is 4.22. The second-order valence-electron chi connectivity index (χ2n) is 7.33. The number of aromatic nitrogens is 1. The van der Waals surface area contributed by atoms with Gasteiger partial charge in [0.2, 0.25) is 0 Å². The predicted molar refractivity (Wildman–Crippen MR) is 103 cm³/mol. The van der Waals surface area contributed by atoms with Gasteiger partial charge in [0.15, 0.2) is 0 Å². The van der Waals surface area contributed by atoms with Crippen molar-refractivity contribution < 1.29 is 0 Å². The zero-order valence-electron chi connectivity index (χ0n) is 14.3. The minimum atomic E-state index is 0.618. The van der Waals surface area contributed by atoms with E-state index < -0.39 is 0 Å². The van der Waals surface area contributed by atoms with Crippen LogP contribution in [0, 0.1) is 0 Å². The molecule has 0 radical (unpaired) electrons. The predicted octanol–water partition coefficient (Wildman–Crippen LogP) is 6.43. The SMILES string of the molecule is CC1=CC[C@@H](n2c3c(c4c5ccccc5ccc42)C=CCC3)CC1. The van der Waals surface area contributed by atoms with Crippen LogP contribution in [-0.4, -0.2) is 4.57 Å². The minimum Gasteiger partial charge on any atom is -0.341 e. The Labute approximate surface area is 143 Å². The molecule has 0 fully saturated rings. The quantitative estimate of drug-likeness (QED) is 0.456. The Hall–Kier alpha value is -2.28. The van der Waals surface area contributed by atoms with Gasteiger partial charge in [-0.05, 0) is 55.9 Å². The highest BCUT2D eigenvalue weighted by molar-refractivity contribution is 6.11. The van der Waals surface area contributed by atoms with Crippen LogP contribution in [0.4, 0.5) is 0 Å². The van der Waals surface area contributed by atoms with Crippen LogP contribution in [0.5, 0.6) is 0 Å². The van der Waals surface area contributed by atoms with Gasteiger partial charge in [-0.3, -0.25) is 0 Å². The third-order valence-corrected chi connectivity index (χ3v) is 5.85. The highest BCUT2D eigenvalue weighted by Gasteiger charge is 2.24. The van der Waals surface area contributed by atoms with Crippen LogP contribution < -0.4 is 0 Å². The summed E-state index contributed by atoms with van der Waals surface area (Å²) in [7, 11) is 0. The standard InChI is InChI=1S/C23H23N/c1-16-10-13-18(14-11-16)24-21-9-5-4-8-20(21)23-19-7-3-2-6-17(19)12-15-22(23)24/h2-4,6-8,10,12,15,18H,5,9,11,13-14H2,1H3/t18-/m1/s1.